The van der Waals surface area contributed by atoms with Gasteiger partial charge in [-0.15, -0.1) is 0 Å². The fraction of sp³-hybridized carbons (Fsp3) is 0.455. The smallest absolute Gasteiger partial charge is 0.242 e. The highest BCUT2D eigenvalue weighted by molar-refractivity contribution is 7.89. The first kappa shape index (κ1) is 12.8. The van der Waals surface area contributed by atoms with Gasteiger partial charge in [0.05, 0.1) is 5.02 Å². The minimum Gasteiger partial charge on any atom is -0.315 e. The summed E-state index contributed by atoms with van der Waals surface area (Å²) in [4.78, 5) is 0.158. The average molecular weight is 275 g/mol. The highest BCUT2D eigenvalue weighted by Crippen LogP contribution is 2.24. The van der Waals surface area contributed by atoms with Crippen LogP contribution < -0.4 is 10.0 Å². The molecular weight excluding hydrogens is 260 g/mol. The second-order valence-electron chi connectivity index (χ2n) is 4.20. The van der Waals surface area contributed by atoms with E-state index in [4.69, 9.17) is 11.6 Å². The van der Waals surface area contributed by atoms with Gasteiger partial charge in [-0.1, -0.05) is 23.7 Å². The van der Waals surface area contributed by atoms with Crippen molar-refractivity contribution in [2.75, 3.05) is 13.1 Å². The van der Waals surface area contributed by atoms with Crippen LogP contribution >= 0.6 is 11.6 Å². The standard InChI is InChI=1S/C11H15ClN2O2S/c1-8-3-2-4-10(11(8)12)17(15,16)14-9-5-6-13-7-9/h2-4,9,13-14H,5-7H2,1H3. The van der Waals surface area contributed by atoms with Crippen molar-refractivity contribution in [1.82, 2.24) is 10.0 Å². The quantitative estimate of drug-likeness (QED) is 0.873. The monoisotopic (exact) mass is 274 g/mol. The molecule has 0 radical (unpaired) electrons. The zero-order chi connectivity index (χ0) is 12.5. The van der Waals surface area contributed by atoms with Gasteiger partial charge in [0, 0.05) is 12.6 Å². The predicted molar refractivity (Wildman–Crippen MR) is 67.8 cm³/mol. The van der Waals surface area contributed by atoms with Crippen LogP contribution in [0.4, 0.5) is 0 Å². The van der Waals surface area contributed by atoms with Crippen molar-refractivity contribution in [1.29, 1.82) is 0 Å². The number of benzene rings is 1. The van der Waals surface area contributed by atoms with Gasteiger partial charge in [0.15, 0.2) is 0 Å². The van der Waals surface area contributed by atoms with E-state index in [0.29, 0.717) is 11.6 Å². The Morgan fingerprint density at radius 3 is 2.88 bits per heavy atom. The Morgan fingerprint density at radius 1 is 1.47 bits per heavy atom. The third-order valence-corrected chi connectivity index (χ3v) is 5.00. The maximum Gasteiger partial charge on any atom is 0.242 e. The van der Waals surface area contributed by atoms with E-state index < -0.39 is 10.0 Å². The second-order valence-corrected chi connectivity index (χ2v) is 6.26. The van der Waals surface area contributed by atoms with Crippen molar-refractivity contribution in [2.45, 2.75) is 24.3 Å². The number of hydrogen-bond donors (Lipinski definition) is 2. The van der Waals surface area contributed by atoms with Gasteiger partial charge < -0.3 is 5.32 Å². The summed E-state index contributed by atoms with van der Waals surface area (Å²) in [5.41, 5.74) is 0.763. The molecule has 6 heteroatoms. The van der Waals surface area contributed by atoms with Gasteiger partial charge in [0.1, 0.15) is 4.90 Å². The van der Waals surface area contributed by atoms with Crippen LogP contribution in [0.2, 0.25) is 5.02 Å². The van der Waals surface area contributed by atoms with Crippen LogP contribution in [0.3, 0.4) is 0 Å². The van der Waals surface area contributed by atoms with Crippen LogP contribution in [0, 0.1) is 6.92 Å². The van der Waals surface area contributed by atoms with Crippen LogP contribution in [-0.4, -0.2) is 27.5 Å². The molecule has 1 atom stereocenters. The lowest BCUT2D eigenvalue weighted by Crippen LogP contribution is -2.36. The van der Waals surface area contributed by atoms with Crippen molar-refractivity contribution < 1.29 is 8.42 Å². The fourth-order valence-electron chi connectivity index (χ4n) is 1.87. The lowest BCUT2D eigenvalue weighted by molar-refractivity contribution is 0.560. The third-order valence-electron chi connectivity index (χ3n) is 2.83. The van der Waals surface area contributed by atoms with Gasteiger partial charge in [-0.25, -0.2) is 13.1 Å². The zero-order valence-corrected chi connectivity index (χ0v) is 11.1. The van der Waals surface area contributed by atoms with Crippen LogP contribution in [0.15, 0.2) is 23.1 Å². The molecule has 1 saturated heterocycles. The summed E-state index contributed by atoms with van der Waals surface area (Å²) in [6.45, 7) is 3.30. The molecule has 0 bridgehead atoms. The molecule has 1 heterocycles. The SMILES string of the molecule is Cc1cccc(S(=O)(=O)NC2CCNC2)c1Cl. The predicted octanol–water partition coefficient (Wildman–Crippen LogP) is 1.29. The van der Waals surface area contributed by atoms with E-state index in [1.807, 2.05) is 0 Å². The molecule has 1 aliphatic heterocycles. The van der Waals surface area contributed by atoms with Gasteiger partial charge in [-0.3, -0.25) is 0 Å². The number of halogens is 1. The topological polar surface area (TPSA) is 58.2 Å². The highest BCUT2D eigenvalue weighted by Gasteiger charge is 2.24. The van der Waals surface area contributed by atoms with Crippen LogP contribution in [0.1, 0.15) is 12.0 Å². The van der Waals surface area contributed by atoms with Gasteiger partial charge in [-0.2, -0.15) is 0 Å². The van der Waals surface area contributed by atoms with Crippen molar-refractivity contribution in [3.63, 3.8) is 0 Å². The van der Waals surface area contributed by atoms with Crippen molar-refractivity contribution in [3.8, 4) is 0 Å². The summed E-state index contributed by atoms with van der Waals surface area (Å²) in [6.07, 6.45) is 0.808. The molecule has 0 amide bonds. The summed E-state index contributed by atoms with van der Waals surface area (Å²) < 4.78 is 26.9. The van der Waals surface area contributed by atoms with E-state index in [2.05, 4.69) is 10.0 Å². The average Bonchev–Trinajstić information content (AvgIpc) is 2.73. The molecule has 0 spiro atoms. The van der Waals surface area contributed by atoms with Crippen LogP contribution in [0.5, 0.6) is 0 Å². The fourth-order valence-corrected chi connectivity index (χ4v) is 3.72. The molecule has 2 N–H and O–H groups in total. The highest BCUT2D eigenvalue weighted by atomic mass is 35.5. The normalized spacial score (nSPS) is 20.7. The number of rotatable bonds is 3. The van der Waals surface area contributed by atoms with E-state index in [1.165, 1.54) is 6.07 Å². The maximum atomic E-state index is 12.1. The van der Waals surface area contributed by atoms with E-state index in [-0.39, 0.29) is 10.9 Å². The molecular formula is C11H15ClN2O2S. The van der Waals surface area contributed by atoms with Crippen molar-refractivity contribution in [3.05, 3.63) is 28.8 Å². The summed E-state index contributed by atoms with van der Waals surface area (Å²) >= 11 is 6.03. The summed E-state index contributed by atoms with van der Waals surface area (Å²) in [6, 6.07) is 4.97. The minimum absolute atomic E-state index is 0.0448. The third kappa shape index (κ3) is 2.80. The zero-order valence-electron chi connectivity index (χ0n) is 9.53. The summed E-state index contributed by atoms with van der Waals surface area (Å²) in [7, 11) is -3.52. The van der Waals surface area contributed by atoms with Crippen molar-refractivity contribution >= 4 is 21.6 Å². The molecule has 4 nitrogen and oxygen atoms in total. The largest absolute Gasteiger partial charge is 0.315 e. The molecule has 1 fully saturated rings. The number of hydrogen-bond acceptors (Lipinski definition) is 3. The first-order valence-corrected chi connectivity index (χ1v) is 7.35. The summed E-state index contributed by atoms with van der Waals surface area (Å²) in [5, 5.41) is 3.41. The number of sulfonamides is 1. The first-order chi connectivity index (χ1) is 8.00. The minimum atomic E-state index is -3.52. The Hall–Kier alpha value is -0.620. The van der Waals surface area contributed by atoms with Gasteiger partial charge in [0.2, 0.25) is 10.0 Å². The molecule has 1 aliphatic rings. The number of nitrogens with one attached hydrogen (secondary N) is 2. The Bertz CT molecular complexity index is 510. The van der Waals surface area contributed by atoms with Gasteiger partial charge in [0.25, 0.3) is 0 Å². The van der Waals surface area contributed by atoms with E-state index >= 15 is 0 Å². The van der Waals surface area contributed by atoms with Crippen LogP contribution in [-0.2, 0) is 10.0 Å². The van der Waals surface area contributed by atoms with E-state index in [9.17, 15) is 8.42 Å². The Labute approximate surface area is 106 Å². The first-order valence-electron chi connectivity index (χ1n) is 5.49. The Kier molecular flexibility index (Phi) is 3.73. The molecule has 2 rings (SSSR count). The molecule has 1 aromatic rings. The van der Waals surface area contributed by atoms with Crippen LogP contribution in [0.25, 0.3) is 0 Å². The maximum absolute atomic E-state index is 12.1. The second kappa shape index (κ2) is 4.94. The molecule has 0 aliphatic carbocycles. The molecule has 1 unspecified atom stereocenters. The van der Waals surface area contributed by atoms with Gasteiger partial charge >= 0.3 is 0 Å². The molecule has 17 heavy (non-hydrogen) atoms. The van der Waals surface area contributed by atoms with E-state index in [0.717, 1.165) is 18.5 Å². The summed E-state index contributed by atoms with van der Waals surface area (Å²) in [5.74, 6) is 0. The lowest BCUT2D eigenvalue weighted by Gasteiger charge is -2.13. The Balaban J connectivity index is 2.28. The Morgan fingerprint density at radius 2 is 2.24 bits per heavy atom. The number of aryl methyl sites for hydroxylation is 1. The van der Waals surface area contributed by atoms with Crippen molar-refractivity contribution in [2.24, 2.45) is 0 Å². The molecule has 94 valence electrons. The van der Waals surface area contributed by atoms with Gasteiger partial charge in [-0.05, 0) is 31.5 Å². The lowest BCUT2D eigenvalue weighted by atomic mass is 10.2. The van der Waals surface area contributed by atoms with E-state index in [1.54, 1.807) is 19.1 Å². The molecule has 0 saturated carbocycles. The molecule has 1 aromatic carbocycles. The molecule has 0 aromatic heterocycles.